The van der Waals surface area contributed by atoms with Gasteiger partial charge in [-0.25, -0.2) is 0 Å². The molecule has 0 aliphatic carbocycles. The first-order chi connectivity index (χ1) is 8.49. The summed E-state index contributed by atoms with van der Waals surface area (Å²) < 4.78 is 2.66. The lowest BCUT2D eigenvalue weighted by molar-refractivity contribution is 0.102. The number of aromatic nitrogens is 2. The summed E-state index contributed by atoms with van der Waals surface area (Å²) in [4.78, 5) is 12.1. The summed E-state index contributed by atoms with van der Waals surface area (Å²) in [5.74, 6) is -0.142. The summed E-state index contributed by atoms with van der Waals surface area (Å²) in [6.45, 7) is 3.87. The molecule has 5 heteroatoms. The van der Waals surface area contributed by atoms with E-state index in [2.05, 4.69) is 26.3 Å². The zero-order chi connectivity index (χ0) is 13.3. The van der Waals surface area contributed by atoms with E-state index in [4.69, 9.17) is 0 Å². The Hall–Kier alpha value is -1.62. The van der Waals surface area contributed by atoms with Gasteiger partial charge in [-0.05, 0) is 31.5 Å². The summed E-state index contributed by atoms with van der Waals surface area (Å²) in [5, 5.41) is 6.92. The van der Waals surface area contributed by atoms with Gasteiger partial charge < -0.3 is 5.32 Å². The average Bonchev–Trinajstić information content (AvgIpc) is 2.65. The number of hydrogen-bond acceptors (Lipinski definition) is 2. The maximum absolute atomic E-state index is 12.1. The summed E-state index contributed by atoms with van der Waals surface area (Å²) in [5.41, 5.74) is 3.33. The fraction of sp³-hybridized carbons (Fsp3) is 0.231. The van der Waals surface area contributed by atoms with Crippen LogP contribution in [0.3, 0.4) is 0 Å². The number of hydrogen-bond donors (Lipinski definition) is 1. The molecule has 0 saturated heterocycles. The first kappa shape index (κ1) is 12.8. The van der Waals surface area contributed by atoms with Crippen LogP contribution >= 0.6 is 15.9 Å². The smallest absolute Gasteiger partial charge is 0.259 e. The SMILES string of the molecule is Cc1ccc(NC(=O)c2cnn(C)c2C)cc1Br. The molecule has 0 fully saturated rings. The molecule has 1 N–H and O–H groups in total. The summed E-state index contributed by atoms with van der Waals surface area (Å²) in [6, 6.07) is 5.72. The quantitative estimate of drug-likeness (QED) is 0.927. The number of aryl methyl sites for hydroxylation is 2. The van der Waals surface area contributed by atoms with Crippen molar-refractivity contribution in [2.75, 3.05) is 5.32 Å². The van der Waals surface area contributed by atoms with Crippen LogP contribution in [0.5, 0.6) is 0 Å². The van der Waals surface area contributed by atoms with Crippen LogP contribution in [0.25, 0.3) is 0 Å². The lowest BCUT2D eigenvalue weighted by Gasteiger charge is -2.06. The molecule has 1 aromatic heterocycles. The van der Waals surface area contributed by atoms with E-state index in [1.165, 1.54) is 0 Å². The Morgan fingerprint density at radius 3 is 2.67 bits per heavy atom. The molecule has 2 aromatic rings. The van der Waals surface area contributed by atoms with E-state index in [9.17, 15) is 4.79 Å². The number of halogens is 1. The number of nitrogens with zero attached hydrogens (tertiary/aromatic N) is 2. The topological polar surface area (TPSA) is 46.9 Å². The van der Waals surface area contributed by atoms with Gasteiger partial charge in [-0.15, -0.1) is 0 Å². The molecule has 0 aliphatic rings. The molecule has 94 valence electrons. The first-order valence-corrected chi connectivity index (χ1v) is 6.34. The maximum Gasteiger partial charge on any atom is 0.259 e. The van der Waals surface area contributed by atoms with Crippen LogP contribution in [0.2, 0.25) is 0 Å². The second-order valence-electron chi connectivity index (χ2n) is 4.19. The minimum atomic E-state index is -0.142. The van der Waals surface area contributed by atoms with Crippen LogP contribution in [-0.4, -0.2) is 15.7 Å². The second kappa shape index (κ2) is 4.94. The van der Waals surface area contributed by atoms with Crippen molar-refractivity contribution in [3.63, 3.8) is 0 Å². The number of benzene rings is 1. The van der Waals surface area contributed by atoms with Crippen LogP contribution in [0.15, 0.2) is 28.9 Å². The van der Waals surface area contributed by atoms with Crippen LogP contribution < -0.4 is 5.32 Å². The molecule has 0 bridgehead atoms. The summed E-state index contributed by atoms with van der Waals surface area (Å²) in [7, 11) is 1.81. The van der Waals surface area contributed by atoms with Gasteiger partial charge in [-0.3, -0.25) is 9.48 Å². The third kappa shape index (κ3) is 2.46. The lowest BCUT2D eigenvalue weighted by Crippen LogP contribution is -2.13. The third-order valence-electron chi connectivity index (χ3n) is 2.91. The maximum atomic E-state index is 12.1. The Balaban J connectivity index is 2.21. The van der Waals surface area contributed by atoms with Crippen molar-refractivity contribution < 1.29 is 4.79 Å². The van der Waals surface area contributed by atoms with Crippen molar-refractivity contribution in [2.45, 2.75) is 13.8 Å². The second-order valence-corrected chi connectivity index (χ2v) is 5.04. The Bertz CT molecular complexity index is 604. The van der Waals surface area contributed by atoms with Crippen molar-refractivity contribution in [3.05, 3.63) is 45.7 Å². The standard InChI is InChI=1S/C13H14BrN3O/c1-8-4-5-10(6-12(8)14)16-13(18)11-7-15-17(3)9(11)2/h4-7H,1-3H3,(H,16,18). The van der Waals surface area contributed by atoms with E-state index in [0.29, 0.717) is 5.56 Å². The van der Waals surface area contributed by atoms with Crippen LogP contribution in [0, 0.1) is 13.8 Å². The molecule has 0 spiro atoms. The molecule has 1 amide bonds. The fourth-order valence-corrected chi connectivity index (χ4v) is 1.97. The van der Waals surface area contributed by atoms with Crippen LogP contribution in [-0.2, 0) is 7.05 Å². The Morgan fingerprint density at radius 2 is 2.11 bits per heavy atom. The predicted molar refractivity (Wildman–Crippen MR) is 74.8 cm³/mol. The van der Waals surface area contributed by atoms with Crippen molar-refractivity contribution in [2.24, 2.45) is 7.05 Å². The van der Waals surface area contributed by atoms with E-state index < -0.39 is 0 Å². The number of nitrogens with one attached hydrogen (secondary N) is 1. The molecule has 0 radical (unpaired) electrons. The van der Waals surface area contributed by atoms with Crippen LogP contribution in [0.1, 0.15) is 21.6 Å². The molecule has 1 aromatic carbocycles. The molecule has 0 atom stereocenters. The van der Waals surface area contributed by atoms with Crippen LogP contribution in [0.4, 0.5) is 5.69 Å². The average molecular weight is 308 g/mol. The van der Waals surface area contributed by atoms with E-state index in [-0.39, 0.29) is 5.91 Å². The monoisotopic (exact) mass is 307 g/mol. The van der Waals surface area contributed by atoms with Gasteiger partial charge in [0.05, 0.1) is 11.8 Å². The Kier molecular flexibility index (Phi) is 3.52. The molecular weight excluding hydrogens is 294 g/mol. The highest BCUT2D eigenvalue weighted by atomic mass is 79.9. The van der Waals surface area contributed by atoms with Gasteiger partial charge in [0.2, 0.25) is 0 Å². The van der Waals surface area contributed by atoms with E-state index in [0.717, 1.165) is 21.4 Å². The van der Waals surface area contributed by atoms with E-state index in [1.54, 1.807) is 10.9 Å². The lowest BCUT2D eigenvalue weighted by atomic mass is 10.2. The highest BCUT2D eigenvalue weighted by molar-refractivity contribution is 9.10. The summed E-state index contributed by atoms with van der Waals surface area (Å²) >= 11 is 3.44. The Morgan fingerprint density at radius 1 is 1.39 bits per heavy atom. The van der Waals surface area contributed by atoms with Crippen molar-refractivity contribution in [3.8, 4) is 0 Å². The molecule has 0 unspecified atom stereocenters. The fourth-order valence-electron chi connectivity index (χ4n) is 1.59. The molecule has 4 nitrogen and oxygen atoms in total. The number of rotatable bonds is 2. The van der Waals surface area contributed by atoms with E-state index >= 15 is 0 Å². The minimum absolute atomic E-state index is 0.142. The van der Waals surface area contributed by atoms with Gasteiger partial charge >= 0.3 is 0 Å². The number of carbonyl (C=O) groups excluding carboxylic acids is 1. The van der Waals surface area contributed by atoms with Gasteiger partial charge in [-0.1, -0.05) is 22.0 Å². The minimum Gasteiger partial charge on any atom is -0.322 e. The van der Waals surface area contributed by atoms with Crippen molar-refractivity contribution in [1.82, 2.24) is 9.78 Å². The Labute approximate surface area is 114 Å². The first-order valence-electron chi connectivity index (χ1n) is 5.55. The normalized spacial score (nSPS) is 10.4. The zero-order valence-electron chi connectivity index (χ0n) is 10.5. The molecule has 18 heavy (non-hydrogen) atoms. The van der Waals surface area contributed by atoms with Gasteiger partial charge in [-0.2, -0.15) is 5.10 Å². The van der Waals surface area contributed by atoms with Crippen molar-refractivity contribution in [1.29, 1.82) is 0 Å². The highest BCUT2D eigenvalue weighted by Crippen LogP contribution is 2.21. The number of carbonyl (C=O) groups is 1. The molecular formula is C13H14BrN3O. The molecule has 0 aliphatic heterocycles. The number of anilines is 1. The van der Waals surface area contributed by atoms with Gasteiger partial charge in [0.15, 0.2) is 0 Å². The third-order valence-corrected chi connectivity index (χ3v) is 3.76. The zero-order valence-corrected chi connectivity index (χ0v) is 12.1. The summed E-state index contributed by atoms with van der Waals surface area (Å²) in [6.07, 6.45) is 1.58. The molecule has 1 heterocycles. The predicted octanol–water partition coefficient (Wildman–Crippen LogP) is 3.05. The molecule has 0 saturated carbocycles. The van der Waals surface area contributed by atoms with Gasteiger partial charge in [0.1, 0.15) is 0 Å². The van der Waals surface area contributed by atoms with Crippen molar-refractivity contribution >= 4 is 27.5 Å². The van der Waals surface area contributed by atoms with Gasteiger partial charge in [0.25, 0.3) is 5.91 Å². The van der Waals surface area contributed by atoms with E-state index in [1.807, 2.05) is 39.1 Å². The number of amides is 1. The molecule has 2 rings (SSSR count). The highest BCUT2D eigenvalue weighted by Gasteiger charge is 2.13. The van der Waals surface area contributed by atoms with Gasteiger partial charge in [0, 0.05) is 22.9 Å². The largest absolute Gasteiger partial charge is 0.322 e.